The van der Waals surface area contributed by atoms with E-state index in [0.717, 1.165) is 0 Å². The van der Waals surface area contributed by atoms with Crippen LogP contribution in [0.25, 0.3) is 0 Å². The van der Waals surface area contributed by atoms with E-state index >= 15 is 0 Å². The Morgan fingerprint density at radius 1 is 1.58 bits per heavy atom. The summed E-state index contributed by atoms with van der Waals surface area (Å²) >= 11 is 8.91. The third-order valence-corrected chi connectivity index (χ3v) is 4.63. The van der Waals surface area contributed by atoms with Gasteiger partial charge in [0.05, 0.1) is 11.9 Å². The molecule has 1 aromatic rings. The predicted octanol–water partition coefficient (Wildman–Crippen LogP) is 0.534. The molecule has 0 aliphatic carbocycles. The number of nitrogens with two attached hydrogens (primary N) is 1. The minimum absolute atomic E-state index is 0.117. The lowest BCUT2D eigenvalue weighted by atomic mass is 10.1. The molecule has 1 amide bonds. The van der Waals surface area contributed by atoms with E-state index in [0.29, 0.717) is 10.4 Å². The number of nitrogens with zero attached hydrogens (tertiary/aromatic N) is 3. The molecule has 19 heavy (non-hydrogen) atoms. The molecule has 10 heteroatoms. The zero-order valence-electron chi connectivity index (χ0n) is 9.58. The fourth-order valence-electron chi connectivity index (χ4n) is 1.92. The minimum Gasteiger partial charge on any atom is -0.295 e. The Morgan fingerprint density at radius 3 is 2.84 bits per heavy atom. The quantitative estimate of drug-likeness (QED) is 0.836. The van der Waals surface area contributed by atoms with Gasteiger partial charge in [0.25, 0.3) is 0 Å². The second-order valence-electron chi connectivity index (χ2n) is 4.21. The highest BCUT2D eigenvalue weighted by atomic mass is 79.9. The number of carbonyl (C=O) groups is 1. The Labute approximate surface area is 123 Å². The lowest BCUT2D eigenvalue weighted by Gasteiger charge is -2.15. The molecule has 0 aromatic carbocycles. The van der Waals surface area contributed by atoms with E-state index in [9.17, 15) is 13.2 Å². The zero-order valence-corrected chi connectivity index (χ0v) is 12.7. The molecule has 104 valence electrons. The van der Waals surface area contributed by atoms with Gasteiger partial charge in [-0.2, -0.15) is 0 Å². The number of anilines is 1. The van der Waals surface area contributed by atoms with Crippen LogP contribution in [0.1, 0.15) is 6.42 Å². The molecule has 0 radical (unpaired) electrons. The van der Waals surface area contributed by atoms with Crippen LogP contribution in [0.15, 0.2) is 10.8 Å². The first-order valence-corrected chi connectivity index (χ1v) is 8.14. The van der Waals surface area contributed by atoms with Gasteiger partial charge >= 0.3 is 0 Å². The Hall–Kier alpha value is -0.770. The standard InChI is InChI=1S/C9H10BrClN4O3S/c10-8-9(11)14-6(2-13-8)15-3-5(1-7(15)16)4-19(12,17)18/h2,5H,1,3-4H2,(H2,12,17,18). The zero-order chi connectivity index (χ0) is 14.2. The molecule has 1 saturated heterocycles. The lowest BCUT2D eigenvalue weighted by Crippen LogP contribution is -2.28. The lowest BCUT2D eigenvalue weighted by molar-refractivity contribution is -0.117. The molecule has 0 bridgehead atoms. The second-order valence-corrected chi connectivity index (χ2v) is 6.98. The van der Waals surface area contributed by atoms with Gasteiger partial charge in [-0.1, -0.05) is 11.6 Å². The maximum Gasteiger partial charge on any atom is 0.228 e. The van der Waals surface area contributed by atoms with E-state index in [4.69, 9.17) is 16.7 Å². The molecule has 0 saturated carbocycles. The fourth-order valence-corrected chi connectivity index (χ4v) is 3.12. The Balaban J connectivity index is 2.18. The smallest absolute Gasteiger partial charge is 0.228 e. The number of aromatic nitrogens is 2. The van der Waals surface area contributed by atoms with Crippen molar-refractivity contribution in [3.63, 3.8) is 0 Å². The average molecular weight is 370 g/mol. The maximum absolute atomic E-state index is 11.8. The molecule has 2 rings (SSSR count). The topological polar surface area (TPSA) is 106 Å². The Bertz CT molecular complexity index is 624. The molecule has 7 nitrogen and oxygen atoms in total. The van der Waals surface area contributed by atoms with Gasteiger partial charge in [-0.3, -0.25) is 9.69 Å². The average Bonchev–Trinajstić information content (AvgIpc) is 2.61. The monoisotopic (exact) mass is 368 g/mol. The van der Waals surface area contributed by atoms with Crippen LogP contribution in [0.4, 0.5) is 5.82 Å². The van der Waals surface area contributed by atoms with E-state index < -0.39 is 10.0 Å². The first-order chi connectivity index (χ1) is 8.76. The predicted molar refractivity (Wildman–Crippen MR) is 73.2 cm³/mol. The third kappa shape index (κ3) is 3.62. The van der Waals surface area contributed by atoms with Crippen molar-refractivity contribution in [2.45, 2.75) is 6.42 Å². The van der Waals surface area contributed by atoms with Gasteiger partial charge in [0.1, 0.15) is 4.60 Å². The van der Waals surface area contributed by atoms with E-state index in [1.807, 2.05) is 0 Å². The molecular weight excluding hydrogens is 360 g/mol. The SMILES string of the molecule is NS(=O)(=O)CC1CC(=O)N(c2cnc(Br)c(Cl)n2)C1. The van der Waals surface area contributed by atoms with E-state index in [-0.39, 0.29) is 35.7 Å². The fraction of sp³-hybridized carbons (Fsp3) is 0.444. The number of primary sulfonamides is 1. The summed E-state index contributed by atoms with van der Waals surface area (Å²) in [6.45, 7) is 0.238. The van der Waals surface area contributed by atoms with Gasteiger partial charge in [0, 0.05) is 18.9 Å². The number of amides is 1. The largest absolute Gasteiger partial charge is 0.295 e. The normalized spacial score (nSPS) is 20.1. The second kappa shape index (κ2) is 5.31. The highest BCUT2D eigenvalue weighted by Crippen LogP contribution is 2.26. The van der Waals surface area contributed by atoms with Crippen molar-refractivity contribution in [3.05, 3.63) is 16.0 Å². The number of rotatable bonds is 3. The van der Waals surface area contributed by atoms with Crippen molar-refractivity contribution in [3.8, 4) is 0 Å². The summed E-state index contributed by atoms with van der Waals surface area (Å²) in [5, 5.41) is 5.12. The molecule has 1 atom stereocenters. The molecule has 1 aromatic heterocycles. The Morgan fingerprint density at radius 2 is 2.26 bits per heavy atom. The summed E-state index contributed by atoms with van der Waals surface area (Å²) in [6.07, 6.45) is 1.51. The molecule has 2 heterocycles. The Kier molecular flexibility index (Phi) is 4.09. The van der Waals surface area contributed by atoms with Crippen LogP contribution in [-0.4, -0.2) is 36.6 Å². The molecule has 1 aliphatic heterocycles. The maximum atomic E-state index is 11.8. The van der Waals surface area contributed by atoms with Crippen LogP contribution in [0.3, 0.4) is 0 Å². The van der Waals surface area contributed by atoms with Gasteiger partial charge < -0.3 is 0 Å². The van der Waals surface area contributed by atoms with Crippen LogP contribution in [0.2, 0.25) is 5.15 Å². The van der Waals surface area contributed by atoms with Crippen LogP contribution in [0, 0.1) is 5.92 Å². The summed E-state index contributed by atoms with van der Waals surface area (Å²) in [7, 11) is -3.60. The molecule has 1 aliphatic rings. The van der Waals surface area contributed by atoms with Crippen molar-refractivity contribution >= 4 is 49.3 Å². The highest BCUT2D eigenvalue weighted by molar-refractivity contribution is 9.10. The number of hydrogen-bond donors (Lipinski definition) is 1. The van der Waals surface area contributed by atoms with Crippen LogP contribution >= 0.6 is 27.5 Å². The van der Waals surface area contributed by atoms with Crippen LogP contribution in [-0.2, 0) is 14.8 Å². The van der Waals surface area contributed by atoms with Crippen LogP contribution < -0.4 is 10.0 Å². The van der Waals surface area contributed by atoms with E-state index in [2.05, 4.69) is 25.9 Å². The van der Waals surface area contributed by atoms with E-state index in [1.165, 1.54) is 11.1 Å². The minimum atomic E-state index is -3.60. The van der Waals surface area contributed by atoms with Crippen molar-refractivity contribution in [2.75, 3.05) is 17.2 Å². The van der Waals surface area contributed by atoms with Crippen molar-refractivity contribution in [1.29, 1.82) is 0 Å². The molecule has 0 spiro atoms. The number of halogens is 2. The summed E-state index contributed by atoms with van der Waals surface area (Å²) in [4.78, 5) is 21.2. The van der Waals surface area contributed by atoms with Crippen molar-refractivity contribution < 1.29 is 13.2 Å². The first-order valence-electron chi connectivity index (χ1n) is 5.25. The van der Waals surface area contributed by atoms with Crippen LogP contribution in [0.5, 0.6) is 0 Å². The van der Waals surface area contributed by atoms with Crippen molar-refractivity contribution in [2.24, 2.45) is 11.1 Å². The summed E-state index contributed by atoms with van der Waals surface area (Å²) in [6, 6.07) is 0. The number of sulfonamides is 1. The van der Waals surface area contributed by atoms with Gasteiger partial charge in [0.2, 0.25) is 15.9 Å². The van der Waals surface area contributed by atoms with Gasteiger partial charge in [0.15, 0.2) is 11.0 Å². The van der Waals surface area contributed by atoms with Crippen molar-refractivity contribution in [1.82, 2.24) is 9.97 Å². The molecule has 1 fully saturated rings. The summed E-state index contributed by atoms with van der Waals surface area (Å²) in [5.74, 6) is -0.490. The molecule has 2 N–H and O–H groups in total. The highest BCUT2D eigenvalue weighted by Gasteiger charge is 2.33. The summed E-state index contributed by atoms with van der Waals surface area (Å²) in [5.41, 5.74) is 0. The third-order valence-electron chi connectivity index (χ3n) is 2.63. The van der Waals surface area contributed by atoms with Gasteiger partial charge in [-0.15, -0.1) is 0 Å². The van der Waals surface area contributed by atoms with E-state index in [1.54, 1.807) is 0 Å². The summed E-state index contributed by atoms with van der Waals surface area (Å²) < 4.78 is 22.4. The number of carbonyl (C=O) groups excluding carboxylic acids is 1. The molecule has 1 unspecified atom stereocenters. The van der Waals surface area contributed by atoms with Gasteiger partial charge in [-0.05, 0) is 15.9 Å². The molecular formula is C9H10BrClN4O3S. The number of hydrogen-bond acceptors (Lipinski definition) is 5. The van der Waals surface area contributed by atoms with Gasteiger partial charge in [-0.25, -0.2) is 23.5 Å². The first kappa shape index (κ1) is 14.6.